The van der Waals surface area contributed by atoms with Gasteiger partial charge in [-0.15, -0.1) is 0 Å². The number of ketones is 1. The summed E-state index contributed by atoms with van der Waals surface area (Å²) in [5.74, 6) is 1.55. The third-order valence-corrected chi connectivity index (χ3v) is 3.40. The molecule has 0 unspecified atom stereocenters. The Morgan fingerprint density at radius 1 is 1.30 bits per heavy atom. The number of carbonyl (C=O) groups is 1. The molecule has 1 aliphatic heterocycles. The van der Waals surface area contributed by atoms with E-state index in [4.69, 9.17) is 4.74 Å². The van der Waals surface area contributed by atoms with E-state index >= 15 is 0 Å². The van der Waals surface area contributed by atoms with Gasteiger partial charge >= 0.3 is 0 Å². The molecule has 0 bridgehead atoms. The van der Waals surface area contributed by atoms with Crippen molar-refractivity contribution < 1.29 is 9.53 Å². The Kier molecular flexibility index (Phi) is 3.14. The van der Waals surface area contributed by atoms with Crippen molar-refractivity contribution in [3.63, 3.8) is 0 Å². The van der Waals surface area contributed by atoms with Gasteiger partial charge < -0.3 is 9.64 Å². The monoisotopic (exact) mass is 268 g/mol. The van der Waals surface area contributed by atoms with Crippen LogP contribution in [0.25, 0.3) is 0 Å². The lowest BCUT2D eigenvalue weighted by Gasteiger charge is -2.31. The molecule has 1 aliphatic rings. The summed E-state index contributed by atoms with van der Waals surface area (Å²) in [6.45, 7) is 4.84. The van der Waals surface area contributed by atoms with E-state index in [0.717, 1.165) is 23.6 Å². The first kappa shape index (κ1) is 12.7. The van der Waals surface area contributed by atoms with Gasteiger partial charge in [-0.05, 0) is 37.6 Å². The summed E-state index contributed by atoms with van der Waals surface area (Å²) >= 11 is 0. The van der Waals surface area contributed by atoms with Gasteiger partial charge in [0.2, 0.25) is 0 Å². The molecule has 0 amide bonds. The first-order valence-corrected chi connectivity index (χ1v) is 6.64. The van der Waals surface area contributed by atoms with Gasteiger partial charge in [0.15, 0.2) is 11.5 Å². The van der Waals surface area contributed by atoms with E-state index in [2.05, 4.69) is 9.88 Å². The predicted octanol–water partition coefficient (Wildman–Crippen LogP) is 3.12. The molecule has 0 aliphatic carbocycles. The molecular formula is C16H16N2O2. The zero-order valence-corrected chi connectivity index (χ0v) is 11.6. The van der Waals surface area contributed by atoms with E-state index in [1.54, 1.807) is 13.0 Å². The molecule has 102 valence electrons. The van der Waals surface area contributed by atoms with Crippen LogP contribution in [0.15, 0.2) is 36.5 Å². The number of aromatic nitrogens is 1. The highest BCUT2D eigenvalue weighted by molar-refractivity contribution is 5.99. The Hall–Kier alpha value is -2.36. The number of nitrogens with zero attached hydrogens (tertiary/aromatic N) is 2. The van der Waals surface area contributed by atoms with Crippen LogP contribution < -0.4 is 9.64 Å². The van der Waals surface area contributed by atoms with Crippen LogP contribution in [0.1, 0.15) is 22.8 Å². The Labute approximate surface area is 118 Å². The molecular weight excluding hydrogens is 252 g/mol. The van der Waals surface area contributed by atoms with Crippen molar-refractivity contribution in [1.29, 1.82) is 0 Å². The number of aryl methyl sites for hydroxylation is 1. The third kappa shape index (κ3) is 2.13. The molecule has 0 N–H and O–H groups in total. The summed E-state index contributed by atoms with van der Waals surface area (Å²) < 4.78 is 5.70. The molecule has 0 spiro atoms. The van der Waals surface area contributed by atoms with Gasteiger partial charge in [0.25, 0.3) is 0 Å². The van der Waals surface area contributed by atoms with E-state index in [-0.39, 0.29) is 5.78 Å². The number of hydrogen-bond donors (Lipinski definition) is 0. The van der Waals surface area contributed by atoms with E-state index in [1.807, 2.05) is 37.4 Å². The summed E-state index contributed by atoms with van der Waals surface area (Å²) in [4.78, 5) is 18.2. The average molecular weight is 268 g/mol. The fourth-order valence-corrected chi connectivity index (χ4v) is 2.38. The lowest BCUT2D eigenvalue weighted by molar-refractivity contribution is 0.101. The van der Waals surface area contributed by atoms with Crippen LogP contribution in [0.2, 0.25) is 0 Å². The lowest BCUT2D eigenvalue weighted by Crippen LogP contribution is -2.30. The summed E-state index contributed by atoms with van der Waals surface area (Å²) in [7, 11) is 0. The van der Waals surface area contributed by atoms with Gasteiger partial charge in [-0.25, -0.2) is 4.98 Å². The SMILES string of the molecule is CC(=O)c1cccc2c1OCCN2c1ccc(C)cn1. The third-order valence-electron chi connectivity index (χ3n) is 3.40. The molecule has 2 aromatic rings. The van der Waals surface area contributed by atoms with E-state index < -0.39 is 0 Å². The van der Waals surface area contributed by atoms with Crippen LogP contribution in [0.5, 0.6) is 5.75 Å². The smallest absolute Gasteiger partial charge is 0.163 e. The van der Waals surface area contributed by atoms with Crippen LogP contribution in [0, 0.1) is 6.92 Å². The molecule has 0 atom stereocenters. The number of fused-ring (bicyclic) bond motifs is 1. The molecule has 1 aromatic carbocycles. The fraction of sp³-hybridized carbons (Fsp3) is 0.250. The second-order valence-electron chi connectivity index (χ2n) is 4.90. The van der Waals surface area contributed by atoms with Crippen LogP contribution in [0.3, 0.4) is 0 Å². The number of carbonyl (C=O) groups excluding carboxylic acids is 1. The largest absolute Gasteiger partial charge is 0.489 e. The van der Waals surface area contributed by atoms with Gasteiger partial charge in [-0.2, -0.15) is 0 Å². The highest BCUT2D eigenvalue weighted by atomic mass is 16.5. The van der Waals surface area contributed by atoms with Crippen LogP contribution in [0.4, 0.5) is 11.5 Å². The quantitative estimate of drug-likeness (QED) is 0.785. The number of hydrogen-bond acceptors (Lipinski definition) is 4. The van der Waals surface area contributed by atoms with Crippen molar-refractivity contribution in [3.05, 3.63) is 47.7 Å². The van der Waals surface area contributed by atoms with E-state index in [1.165, 1.54) is 0 Å². The molecule has 1 aromatic heterocycles. The topological polar surface area (TPSA) is 42.4 Å². The van der Waals surface area contributed by atoms with Crippen molar-refractivity contribution in [1.82, 2.24) is 4.98 Å². The van der Waals surface area contributed by atoms with Crippen molar-refractivity contribution in [2.45, 2.75) is 13.8 Å². The summed E-state index contributed by atoms with van der Waals surface area (Å²) in [5, 5.41) is 0. The van der Waals surface area contributed by atoms with Crippen molar-refractivity contribution in [3.8, 4) is 5.75 Å². The van der Waals surface area contributed by atoms with Gasteiger partial charge in [0.05, 0.1) is 17.8 Å². The standard InChI is InChI=1S/C16H16N2O2/c1-11-6-7-15(17-10-11)18-8-9-20-16-13(12(2)19)4-3-5-14(16)18/h3-7,10H,8-9H2,1-2H3. The first-order chi connectivity index (χ1) is 9.66. The second-order valence-corrected chi connectivity index (χ2v) is 4.90. The van der Waals surface area contributed by atoms with Gasteiger partial charge in [-0.3, -0.25) is 4.79 Å². The normalized spacial score (nSPS) is 13.6. The molecule has 0 fully saturated rings. The Bertz CT molecular complexity index is 650. The molecule has 2 heterocycles. The van der Waals surface area contributed by atoms with Gasteiger partial charge in [0.1, 0.15) is 12.4 Å². The second kappa shape index (κ2) is 4.96. The molecule has 20 heavy (non-hydrogen) atoms. The summed E-state index contributed by atoms with van der Waals surface area (Å²) in [6.07, 6.45) is 1.85. The number of para-hydroxylation sites is 1. The Balaban J connectivity index is 2.08. The lowest BCUT2D eigenvalue weighted by atomic mass is 10.1. The maximum Gasteiger partial charge on any atom is 0.163 e. The van der Waals surface area contributed by atoms with Crippen LogP contribution >= 0.6 is 0 Å². The number of rotatable bonds is 2. The highest BCUT2D eigenvalue weighted by Gasteiger charge is 2.23. The number of pyridine rings is 1. The molecule has 0 radical (unpaired) electrons. The minimum Gasteiger partial charge on any atom is -0.489 e. The van der Waals surface area contributed by atoms with Crippen LogP contribution in [-0.4, -0.2) is 23.9 Å². The van der Waals surface area contributed by atoms with Gasteiger partial charge in [-0.1, -0.05) is 12.1 Å². The highest BCUT2D eigenvalue weighted by Crippen LogP contribution is 2.38. The molecule has 4 heteroatoms. The number of anilines is 2. The first-order valence-electron chi connectivity index (χ1n) is 6.64. The number of Topliss-reactive ketones (excluding diaryl/α,β-unsaturated/α-hetero) is 1. The molecule has 4 nitrogen and oxygen atoms in total. The van der Waals surface area contributed by atoms with Crippen molar-refractivity contribution in [2.75, 3.05) is 18.1 Å². The number of benzene rings is 1. The van der Waals surface area contributed by atoms with Gasteiger partial charge in [0, 0.05) is 6.20 Å². The van der Waals surface area contributed by atoms with Crippen LogP contribution in [-0.2, 0) is 0 Å². The Morgan fingerprint density at radius 2 is 2.15 bits per heavy atom. The fourth-order valence-electron chi connectivity index (χ4n) is 2.38. The molecule has 0 saturated carbocycles. The zero-order valence-electron chi connectivity index (χ0n) is 11.6. The molecule has 3 rings (SSSR count). The number of ether oxygens (including phenoxy) is 1. The van der Waals surface area contributed by atoms with Crippen molar-refractivity contribution >= 4 is 17.3 Å². The average Bonchev–Trinajstić information content (AvgIpc) is 2.47. The maximum absolute atomic E-state index is 11.7. The van der Waals surface area contributed by atoms with E-state index in [9.17, 15) is 4.79 Å². The summed E-state index contributed by atoms with van der Waals surface area (Å²) in [5.41, 5.74) is 2.65. The minimum atomic E-state index is 0.0144. The van der Waals surface area contributed by atoms with Crippen molar-refractivity contribution in [2.24, 2.45) is 0 Å². The minimum absolute atomic E-state index is 0.0144. The maximum atomic E-state index is 11.7. The summed E-state index contributed by atoms with van der Waals surface area (Å²) in [6, 6.07) is 9.66. The molecule has 0 saturated heterocycles. The Morgan fingerprint density at radius 3 is 2.85 bits per heavy atom. The predicted molar refractivity (Wildman–Crippen MR) is 77.9 cm³/mol. The van der Waals surface area contributed by atoms with E-state index in [0.29, 0.717) is 17.9 Å². The zero-order chi connectivity index (χ0) is 14.1.